The Morgan fingerprint density at radius 2 is 1.66 bits per heavy atom. The summed E-state index contributed by atoms with van der Waals surface area (Å²) < 4.78 is 0. The van der Waals surface area contributed by atoms with Gasteiger partial charge in [-0.2, -0.15) is 0 Å². The Kier molecular flexibility index (Phi) is 6.36. The van der Waals surface area contributed by atoms with Crippen molar-refractivity contribution in [3.63, 3.8) is 0 Å². The zero-order valence-corrected chi connectivity index (χ0v) is 19.8. The smallest absolute Gasteiger partial charge is 0.254 e. The molecule has 6 heteroatoms. The van der Waals surface area contributed by atoms with Gasteiger partial charge in [-0.25, -0.2) is 0 Å². The number of carbonyl (C=O) groups excluding carboxylic acids is 3. The second kappa shape index (κ2) is 9.74. The summed E-state index contributed by atoms with van der Waals surface area (Å²) in [5, 5.41) is 3.00. The molecule has 2 heterocycles. The molecule has 3 aromatic carbocycles. The SMILES string of the molecule is Cc1ccc(N2CC(C(=O)NC(C(=O)N3CCCc4ccccc43)c3ccccc3)CC2=O)cc1. The molecule has 1 saturated heterocycles. The fraction of sp³-hybridized carbons (Fsp3) is 0.276. The first kappa shape index (κ1) is 22.8. The molecule has 0 radical (unpaired) electrons. The minimum absolute atomic E-state index is 0.0819. The van der Waals surface area contributed by atoms with E-state index in [9.17, 15) is 14.4 Å². The van der Waals surface area contributed by atoms with Crippen LogP contribution < -0.4 is 15.1 Å². The van der Waals surface area contributed by atoms with Crippen molar-refractivity contribution in [2.75, 3.05) is 22.9 Å². The van der Waals surface area contributed by atoms with Crippen molar-refractivity contribution in [3.8, 4) is 0 Å². The van der Waals surface area contributed by atoms with Gasteiger partial charge in [-0.15, -0.1) is 0 Å². The largest absolute Gasteiger partial charge is 0.340 e. The minimum Gasteiger partial charge on any atom is -0.340 e. The van der Waals surface area contributed by atoms with Crippen LogP contribution in [0.25, 0.3) is 0 Å². The highest BCUT2D eigenvalue weighted by Crippen LogP contribution is 2.31. The van der Waals surface area contributed by atoms with Gasteiger partial charge in [0.15, 0.2) is 0 Å². The molecule has 0 spiro atoms. The molecule has 0 bridgehead atoms. The van der Waals surface area contributed by atoms with Crippen molar-refractivity contribution < 1.29 is 14.4 Å². The Hall–Kier alpha value is -3.93. The van der Waals surface area contributed by atoms with Gasteiger partial charge in [-0.3, -0.25) is 14.4 Å². The molecule has 5 rings (SSSR count). The molecule has 1 N–H and O–H groups in total. The van der Waals surface area contributed by atoms with Crippen molar-refractivity contribution in [1.82, 2.24) is 5.32 Å². The van der Waals surface area contributed by atoms with E-state index in [1.54, 1.807) is 9.80 Å². The maximum atomic E-state index is 13.8. The summed E-state index contributed by atoms with van der Waals surface area (Å²) in [5.74, 6) is -1.03. The molecular formula is C29H29N3O3. The van der Waals surface area contributed by atoms with E-state index >= 15 is 0 Å². The van der Waals surface area contributed by atoms with Crippen molar-refractivity contribution in [2.24, 2.45) is 5.92 Å². The Morgan fingerprint density at radius 3 is 2.43 bits per heavy atom. The van der Waals surface area contributed by atoms with Crippen molar-refractivity contribution in [2.45, 2.75) is 32.2 Å². The molecule has 2 unspecified atom stereocenters. The van der Waals surface area contributed by atoms with Crippen LogP contribution in [0, 0.1) is 12.8 Å². The number of aryl methyl sites for hydroxylation is 2. The van der Waals surface area contributed by atoms with Crippen LogP contribution in [0.15, 0.2) is 78.9 Å². The van der Waals surface area contributed by atoms with Gasteiger partial charge >= 0.3 is 0 Å². The lowest BCUT2D eigenvalue weighted by Gasteiger charge is -2.33. The Morgan fingerprint density at radius 1 is 0.943 bits per heavy atom. The number of benzene rings is 3. The van der Waals surface area contributed by atoms with Gasteiger partial charge < -0.3 is 15.1 Å². The third-order valence-electron chi connectivity index (χ3n) is 6.88. The van der Waals surface area contributed by atoms with E-state index in [0.717, 1.165) is 40.9 Å². The fourth-order valence-electron chi connectivity index (χ4n) is 4.97. The highest BCUT2D eigenvalue weighted by atomic mass is 16.2. The summed E-state index contributed by atoms with van der Waals surface area (Å²) in [6, 6.07) is 24.2. The van der Waals surface area contributed by atoms with E-state index in [-0.39, 0.29) is 24.1 Å². The standard InChI is InChI=1S/C29H29N3O3/c1-20-13-15-24(16-14-20)32-19-23(18-26(32)33)28(34)30-27(22-9-3-2-4-10-22)29(35)31-17-7-11-21-8-5-6-12-25(21)31/h2-6,8-10,12-16,23,27H,7,11,17-19H2,1H3,(H,30,34). The molecule has 2 aliphatic rings. The van der Waals surface area contributed by atoms with Gasteiger partial charge in [0.2, 0.25) is 11.8 Å². The predicted molar refractivity (Wildman–Crippen MR) is 136 cm³/mol. The fourth-order valence-corrected chi connectivity index (χ4v) is 4.97. The molecule has 1 fully saturated rings. The lowest BCUT2D eigenvalue weighted by atomic mass is 9.98. The molecule has 3 aromatic rings. The van der Waals surface area contributed by atoms with Crippen LogP contribution in [0.5, 0.6) is 0 Å². The van der Waals surface area contributed by atoms with E-state index in [4.69, 9.17) is 0 Å². The summed E-state index contributed by atoms with van der Waals surface area (Å²) in [7, 11) is 0. The molecular weight excluding hydrogens is 438 g/mol. The number of para-hydroxylation sites is 1. The van der Waals surface area contributed by atoms with Gasteiger partial charge in [0.1, 0.15) is 6.04 Å². The summed E-state index contributed by atoms with van der Waals surface area (Å²) in [5.41, 5.74) is 4.67. The first-order chi connectivity index (χ1) is 17.0. The van der Waals surface area contributed by atoms with E-state index in [1.165, 1.54) is 0 Å². The third kappa shape index (κ3) is 4.69. The quantitative estimate of drug-likeness (QED) is 0.612. The maximum absolute atomic E-state index is 13.8. The second-order valence-corrected chi connectivity index (χ2v) is 9.32. The molecule has 2 aliphatic heterocycles. The van der Waals surface area contributed by atoms with Gasteiger partial charge in [0.05, 0.1) is 5.92 Å². The van der Waals surface area contributed by atoms with Crippen LogP contribution >= 0.6 is 0 Å². The van der Waals surface area contributed by atoms with E-state index in [0.29, 0.717) is 13.1 Å². The number of hydrogen-bond donors (Lipinski definition) is 1. The number of amides is 3. The van der Waals surface area contributed by atoms with E-state index in [2.05, 4.69) is 11.4 Å². The number of nitrogens with one attached hydrogen (secondary N) is 1. The van der Waals surface area contributed by atoms with E-state index in [1.807, 2.05) is 79.7 Å². The van der Waals surface area contributed by atoms with Crippen molar-refractivity contribution in [3.05, 3.63) is 95.6 Å². The first-order valence-electron chi connectivity index (χ1n) is 12.1. The Labute approximate surface area is 205 Å². The van der Waals surface area contributed by atoms with Crippen LogP contribution in [0.3, 0.4) is 0 Å². The average Bonchev–Trinajstić information content (AvgIpc) is 3.29. The molecule has 0 aromatic heterocycles. The predicted octanol–water partition coefficient (Wildman–Crippen LogP) is 4.18. The van der Waals surface area contributed by atoms with Crippen LogP contribution in [-0.2, 0) is 20.8 Å². The number of rotatable bonds is 5. The number of hydrogen-bond acceptors (Lipinski definition) is 3. The molecule has 0 saturated carbocycles. The lowest BCUT2D eigenvalue weighted by Crippen LogP contribution is -2.46. The topological polar surface area (TPSA) is 69.7 Å². The minimum atomic E-state index is -0.821. The Balaban J connectivity index is 1.37. The zero-order valence-electron chi connectivity index (χ0n) is 19.8. The molecule has 3 amide bonds. The zero-order chi connectivity index (χ0) is 24.4. The highest BCUT2D eigenvalue weighted by Gasteiger charge is 2.38. The number of nitrogens with zero attached hydrogens (tertiary/aromatic N) is 2. The van der Waals surface area contributed by atoms with Gasteiger partial charge in [-0.1, -0.05) is 66.2 Å². The molecule has 0 aliphatic carbocycles. The van der Waals surface area contributed by atoms with Gasteiger partial charge in [0.25, 0.3) is 5.91 Å². The monoisotopic (exact) mass is 467 g/mol. The molecule has 6 nitrogen and oxygen atoms in total. The van der Waals surface area contributed by atoms with Gasteiger partial charge in [-0.05, 0) is 49.1 Å². The first-order valence-corrected chi connectivity index (χ1v) is 12.1. The maximum Gasteiger partial charge on any atom is 0.254 e. The van der Waals surface area contributed by atoms with Crippen LogP contribution in [0.4, 0.5) is 11.4 Å². The number of carbonyl (C=O) groups is 3. The summed E-state index contributed by atoms with van der Waals surface area (Å²) >= 11 is 0. The molecule has 178 valence electrons. The van der Waals surface area contributed by atoms with Crippen molar-refractivity contribution in [1.29, 1.82) is 0 Å². The van der Waals surface area contributed by atoms with Crippen molar-refractivity contribution >= 4 is 29.1 Å². The number of anilines is 2. The average molecular weight is 468 g/mol. The summed E-state index contributed by atoms with van der Waals surface area (Å²) in [4.78, 5) is 43.4. The van der Waals surface area contributed by atoms with Gasteiger partial charge in [0, 0.05) is 30.9 Å². The number of fused-ring (bicyclic) bond motifs is 1. The summed E-state index contributed by atoms with van der Waals surface area (Å²) in [6.45, 7) is 2.90. The van der Waals surface area contributed by atoms with E-state index < -0.39 is 12.0 Å². The van der Waals surface area contributed by atoms with Crippen LogP contribution in [-0.4, -0.2) is 30.8 Å². The summed E-state index contributed by atoms with van der Waals surface area (Å²) in [6.07, 6.45) is 1.93. The molecule has 35 heavy (non-hydrogen) atoms. The second-order valence-electron chi connectivity index (χ2n) is 9.32. The van der Waals surface area contributed by atoms with Crippen LogP contribution in [0.1, 0.15) is 35.6 Å². The lowest BCUT2D eigenvalue weighted by molar-refractivity contribution is -0.130. The van der Waals surface area contributed by atoms with Crippen LogP contribution in [0.2, 0.25) is 0 Å². The Bertz CT molecular complexity index is 1240. The normalized spacial score (nSPS) is 18.2. The molecule has 2 atom stereocenters. The third-order valence-corrected chi connectivity index (χ3v) is 6.88. The highest BCUT2D eigenvalue weighted by molar-refractivity contribution is 6.03.